The average molecular weight is 200 g/mol. The van der Waals surface area contributed by atoms with Crippen molar-refractivity contribution in [1.82, 2.24) is 10.6 Å². The van der Waals surface area contributed by atoms with Gasteiger partial charge in [-0.15, -0.1) is 0 Å². The third-order valence-corrected chi connectivity index (χ3v) is 2.94. The maximum Gasteiger partial charge on any atom is 0.0542 e. The molecule has 0 aromatic carbocycles. The Morgan fingerprint density at radius 3 is 1.43 bits per heavy atom. The van der Waals surface area contributed by atoms with Gasteiger partial charge in [0.15, 0.2) is 0 Å². The Bertz CT molecular complexity index is 111. The van der Waals surface area contributed by atoms with Crippen molar-refractivity contribution in [2.24, 2.45) is 11.8 Å². The molecule has 0 heterocycles. The van der Waals surface area contributed by atoms with Gasteiger partial charge in [0, 0.05) is 0 Å². The summed E-state index contributed by atoms with van der Waals surface area (Å²) in [6.45, 7) is 13.5. The van der Waals surface area contributed by atoms with Crippen LogP contribution in [0.5, 0.6) is 0 Å². The lowest BCUT2D eigenvalue weighted by Crippen LogP contribution is -2.43. The molecule has 0 radical (unpaired) electrons. The Labute approximate surface area is 89.9 Å². The highest BCUT2D eigenvalue weighted by Crippen LogP contribution is 1.99. The monoisotopic (exact) mass is 200 g/mol. The number of rotatable bonds is 8. The second kappa shape index (κ2) is 8.25. The molecule has 0 bridgehead atoms. The van der Waals surface area contributed by atoms with Crippen molar-refractivity contribution in [2.75, 3.05) is 13.1 Å². The van der Waals surface area contributed by atoms with Gasteiger partial charge in [-0.25, -0.2) is 0 Å². The van der Waals surface area contributed by atoms with Crippen LogP contribution in [0.1, 0.15) is 47.5 Å². The average Bonchev–Trinajstić information content (AvgIpc) is 2.22. The summed E-state index contributed by atoms with van der Waals surface area (Å²) in [5, 5.41) is 7.00. The minimum atomic E-state index is 0.443. The maximum atomic E-state index is 3.50. The number of hydrogen-bond donors (Lipinski definition) is 2. The topological polar surface area (TPSA) is 24.1 Å². The van der Waals surface area contributed by atoms with Crippen LogP contribution in [0.2, 0.25) is 0 Å². The third kappa shape index (κ3) is 7.34. The Kier molecular flexibility index (Phi) is 8.20. The summed E-state index contributed by atoms with van der Waals surface area (Å²) >= 11 is 0. The van der Waals surface area contributed by atoms with E-state index in [-0.39, 0.29) is 0 Å². The van der Waals surface area contributed by atoms with Gasteiger partial charge in [0.1, 0.15) is 0 Å². The normalized spacial score (nSPS) is 17.8. The Morgan fingerprint density at radius 1 is 0.786 bits per heavy atom. The molecule has 2 nitrogen and oxygen atoms in total. The molecular formula is C12H28N2. The van der Waals surface area contributed by atoms with E-state index < -0.39 is 0 Å². The molecule has 0 amide bonds. The predicted octanol–water partition coefficient (Wildman–Crippen LogP) is 2.60. The van der Waals surface area contributed by atoms with Crippen LogP contribution in [0.4, 0.5) is 0 Å². The molecule has 2 N–H and O–H groups in total. The molecular weight excluding hydrogens is 172 g/mol. The standard InChI is InChI=1S/C12H28N2/c1-6-10(3)8-13-12(5)14-9-11(4)7-2/h10-14H,6-9H2,1-5H3. The van der Waals surface area contributed by atoms with Crippen molar-refractivity contribution in [3.8, 4) is 0 Å². The van der Waals surface area contributed by atoms with Crippen molar-refractivity contribution < 1.29 is 0 Å². The van der Waals surface area contributed by atoms with Gasteiger partial charge in [0.2, 0.25) is 0 Å². The van der Waals surface area contributed by atoms with E-state index in [1.807, 2.05) is 0 Å². The van der Waals surface area contributed by atoms with Crippen LogP contribution in [0.15, 0.2) is 0 Å². The molecule has 2 unspecified atom stereocenters. The maximum absolute atomic E-state index is 3.50. The van der Waals surface area contributed by atoms with Crippen LogP contribution in [0.3, 0.4) is 0 Å². The van der Waals surface area contributed by atoms with Gasteiger partial charge >= 0.3 is 0 Å². The molecule has 2 heteroatoms. The summed E-state index contributed by atoms with van der Waals surface area (Å²) in [5.41, 5.74) is 0. The predicted molar refractivity (Wildman–Crippen MR) is 64.4 cm³/mol. The summed E-state index contributed by atoms with van der Waals surface area (Å²) in [5.74, 6) is 1.56. The first-order valence-electron chi connectivity index (χ1n) is 6.06. The molecule has 14 heavy (non-hydrogen) atoms. The van der Waals surface area contributed by atoms with E-state index in [1.54, 1.807) is 0 Å². The van der Waals surface area contributed by atoms with Crippen LogP contribution in [-0.2, 0) is 0 Å². The SMILES string of the molecule is CCC(C)CNC(C)NCC(C)CC. The fourth-order valence-corrected chi connectivity index (χ4v) is 1.12. The Hall–Kier alpha value is -0.0800. The lowest BCUT2D eigenvalue weighted by Gasteiger charge is -2.20. The molecule has 0 aliphatic rings. The highest BCUT2D eigenvalue weighted by Gasteiger charge is 2.04. The first kappa shape index (κ1) is 13.9. The van der Waals surface area contributed by atoms with Crippen LogP contribution >= 0.6 is 0 Å². The van der Waals surface area contributed by atoms with Crippen LogP contribution < -0.4 is 10.6 Å². The first-order valence-corrected chi connectivity index (χ1v) is 6.06. The molecule has 0 saturated heterocycles. The Morgan fingerprint density at radius 2 is 1.14 bits per heavy atom. The van der Waals surface area contributed by atoms with E-state index in [0.29, 0.717) is 6.17 Å². The van der Waals surface area contributed by atoms with Crippen LogP contribution in [0, 0.1) is 11.8 Å². The van der Waals surface area contributed by atoms with E-state index in [2.05, 4.69) is 45.3 Å². The summed E-state index contributed by atoms with van der Waals surface area (Å²) in [6.07, 6.45) is 2.95. The van der Waals surface area contributed by atoms with Gasteiger partial charge in [-0.2, -0.15) is 0 Å². The molecule has 86 valence electrons. The molecule has 0 rings (SSSR count). The van der Waals surface area contributed by atoms with Gasteiger partial charge in [-0.3, -0.25) is 0 Å². The number of hydrogen-bond acceptors (Lipinski definition) is 2. The van der Waals surface area contributed by atoms with Crippen LogP contribution in [-0.4, -0.2) is 19.3 Å². The van der Waals surface area contributed by atoms with E-state index in [9.17, 15) is 0 Å². The summed E-state index contributed by atoms with van der Waals surface area (Å²) in [6, 6.07) is 0. The lowest BCUT2D eigenvalue weighted by atomic mass is 10.1. The summed E-state index contributed by atoms with van der Waals surface area (Å²) < 4.78 is 0. The first-order chi connectivity index (χ1) is 6.60. The smallest absolute Gasteiger partial charge is 0.0542 e. The van der Waals surface area contributed by atoms with Gasteiger partial charge < -0.3 is 10.6 Å². The van der Waals surface area contributed by atoms with Gasteiger partial charge in [0.25, 0.3) is 0 Å². The van der Waals surface area contributed by atoms with E-state index in [1.165, 1.54) is 12.8 Å². The largest absolute Gasteiger partial charge is 0.302 e. The van der Waals surface area contributed by atoms with Gasteiger partial charge in [-0.1, -0.05) is 40.5 Å². The third-order valence-electron chi connectivity index (χ3n) is 2.94. The molecule has 2 atom stereocenters. The van der Waals surface area contributed by atoms with Crippen molar-refractivity contribution in [3.05, 3.63) is 0 Å². The zero-order valence-electron chi connectivity index (χ0n) is 10.6. The molecule has 0 spiro atoms. The fourth-order valence-electron chi connectivity index (χ4n) is 1.12. The molecule has 0 aromatic rings. The zero-order valence-corrected chi connectivity index (χ0v) is 10.6. The highest BCUT2D eigenvalue weighted by molar-refractivity contribution is 4.63. The van der Waals surface area contributed by atoms with E-state index in [4.69, 9.17) is 0 Å². The molecule has 0 fully saturated rings. The fraction of sp³-hybridized carbons (Fsp3) is 1.00. The van der Waals surface area contributed by atoms with E-state index >= 15 is 0 Å². The highest BCUT2D eigenvalue weighted by atomic mass is 15.1. The molecule has 0 aliphatic heterocycles. The summed E-state index contributed by atoms with van der Waals surface area (Å²) in [4.78, 5) is 0. The minimum Gasteiger partial charge on any atom is -0.302 e. The second-order valence-corrected chi connectivity index (χ2v) is 4.57. The van der Waals surface area contributed by atoms with Crippen molar-refractivity contribution >= 4 is 0 Å². The second-order valence-electron chi connectivity index (χ2n) is 4.57. The minimum absolute atomic E-state index is 0.443. The number of nitrogens with one attached hydrogen (secondary N) is 2. The molecule has 0 aliphatic carbocycles. The van der Waals surface area contributed by atoms with Gasteiger partial charge in [0.05, 0.1) is 6.17 Å². The van der Waals surface area contributed by atoms with Crippen molar-refractivity contribution in [1.29, 1.82) is 0 Å². The lowest BCUT2D eigenvalue weighted by molar-refractivity contribution is 0.377. The zero-order chi connectivity index (χ0) is 11.0. The van der Waals surface area contributed by atoms with Crippen molar-refractivity contribution in [3.63, 3.8) is 0 Å². The molecule has 0 saturated carbocycles. The van der Waals surface area contributed by atoms with Gasteiger partial charge in [-0.05, 0) is 31.8 Å². The van der Waals surface area contributed by atoms with E-state index in [0.717, 1.165) is 24.9 Å². The van der Waals surface area contributed by atoms with Crippen molar-refractivity contribution in [2.45, 2.75) is 53.6 Å². The van der Waals surface area contributed by atoms with Crippen LogP contribution in [0.25, 0.3) is 0 Å². The summed E-state index contributed by atoms with van der Waals surface area (Å²) in [7, 11) is 0. The molecule has 0 aromatic heterocycles. The Balaban J connectivity index is 3.40. The quantitative estimate of drug-likeness (QED) is 0.589.